The van der Waals surface area contributed by atoms with Gasteiger partial charge in [-0.05, 0) is 6.92 Å². The lowest BCUT2D eigenvalue weighted by molar-refractivity contribution is -0.412. The van der Waals surface area contributed by atoms with E-state index in [2.05, 4.69) is 37.2 Å². The lowest BCUT2D eigenvalue weighted by Crippen LogP contribution is -2.72. The summed E-state index contributed by atoms with van der Waals surface area (Å²) >= 11 is 0. The minimum atomic E-state index is -2.90. The molecule has 62 nitrogen and oxygen atoms in total. The van der Waals surface area contributed by atoms with Gasteiger partial charge in [0, 0.05) is 48.5 Å². The van der Waals surface area contributed by atoms with E-state index in [4.69, 9.17) is 99.5 Å². The molecule has 11 aliphatic rings. The lowest BCUT2D eigenvalue weighted by Gasteiger charge is -2.53. The number of aliphatic hydroxyl groups is 27. The first-order chi connectivity index (χ1) is 67.0. The van der Waals surface area contributed by atoms with E-state index in [0.29, 0.717) is 0 Å². The van der Waals surface area contributed by atoms with Gasteiger partial charge in [0.05, 0.1) is 72.2 Å². The maximum absolute atomic E-state index is 13.8. The molecular formula is C80H133N7O55. The molecule has 0 bridgehead atoms. The van der Waals surface area contributed by atoms with E-state index in [-0.39, 0.29) is 0 Å². The van der Waals surface area contributed by atoms with Crippen LogP contribution in [0, 0.1) is 0 Å². The van der Waals surface area contributed by atoms with Crippen molar-refractivity contribution in [1.29, 1.82) is 0 Å². The lowest BCUT2D eigenvalue weighted by atomic mass is 9.93. The number of hydrogen-bond acceptors (Lipinski definition) is 55. The fourth-order valence-corrected chi connectivity index (χ4v) is 18.4. The maximum Gasteiger partial charge on any atom is 0.217 e. The first kappa shape index (κ1) is 117. The molecule has 7 amide bonds. The van der Waals surface area contributed by atoms with Crippen molar-refractivity contribution in [3.63, 3.8) is 0 Å². The topological polar surface area (TPSA) is 944 Å². The highest BCUT2D eigenvalue weighted by Crippen LogP contribution is 2.43. The van der Waals surface area contributed by atoms with E-state index in [1.54, 1.807) is 0 Å². The molecule has 0 aromatic carbocycles. The second-order valence-corrected chi connectivity index (χ2v) is 36.0. The van der Waals surface area contributed by atoms with Gasteiger partial charge in [0.2, 0.25) is 41.4 Å². The number of amides is 7. The Labute approximate surface area is 805 Å². The van der Waals surface area contributed by atoms with E-state index in [1.807, 2.05) is 0 Å². The summed E-state index contributed by atoms with van der Waals surface area (Å²) < 4.78 is 130. The molecule has 34 N–H and O–H groups in total. The third-order valence-corrected chi connectivity index (χ3v) is 25.7. The highest BCUT2D eigenvalue weighted by Gasteiger charge is 2.64. The second-order valence-electron chi connectivity index (χ2n) is 36.0. The number of ether oxygens (including phenoxy) is 21. The Hall–Kier alpha value is -5.63. The van der Waals surface area contributed by atoms with Gasteiger partial charge in [-0.2, -0.15) is 0 Å². The van der Waals surface area contributed by atoms with E-state index < -0.39 is 445 Å². The number of nitrogens with one attached hydrogen (secondary N) is 7. The SMILES string of the molecule is CC(=O)N[C@@H]1[C@H](O[C@@H]2[C@@H](O[C@@H]3[C@H](O)[C@H](O[C@H]4[C@H](O)[C@@H](NC(C)=O)[C@H](O[C@H]5[C@H](O)[C@@H](NC(C)=O)C(O)O[C@@H]5CO[C@@H]5O[C@@H](C)[C@@H](O)[C@@H](O)[C@@H]5O)O[C@@H]4CO)O[C@H](CO[C@H]4O[C@H](CO[C@@H]5O[C@H](CO)[C@@H](O)[C@H](O)[C@H]5NC(C)=O)[C@@H](O)[C@H](O)[C@@H]4O[C@@H]4O[C@H](CO)[C@@H](O)[C@H](O)[C@H]4NC(C)=O)[C@H]3O[C@@H]3O[C@H](CO)[C@@H](O)[C@H](O)[C@H]3NC(C)=O)O[C@H](CO)[C@@H](O[C@@H]3O[C@H](CO)[C@@H](O)[C@H](O)[C@H]3NC(C)=O)[C@@H]2O)O[C@H](CO)[C@@H](O)[C@@H]1O. The van der Waals surface area contributed by atoms with Crippen LogP contribution >= 0.6 is 0 Å². The number of aliphatic hydroxyl groups excluding tert-OH is 27. The molecular weight excluding hydrogens is 1940 g/mol. The molecule has 11 fully saturated rings. The Balaban J connectivity index is 1.08. The molecule has 0 radical (unpaired) electrons. The summed E-state index contributed by atoms with van der Waals surface area (Å²) in [4.78, 5) is 91.4. The van der Waals surface area contributed by atoms with Gasteiger partial charge in [-0.25, -0.2) is 0 Å². The zero-order valence-corrected chi connectivity index (χ0v) is 77.3. The molecule has 11 heterocycles. The van der Waals surface area contributed by atoms with E-state index in [0.717, 1.165) is 48.5 Å². The molecule has 142 heavy (non-hydrogen) atoms. The fourth-order valence-electron chi connectivity index (χ4n) is 18.4. The van der Waals surface area contributed by atoms with Crippen LogP contribution in [0.15, 0.2) is 0 Å². The molecule has 0 spiro atoms. The standard InChI is InChI=1S/C80H133N7O55/c1-19-44(102)58(116)60(118)77(125-19)123-17-35-65(56(114)37(70(121)126-35)81-20(2)95)137-76-43(87-26(8)101)57(115)63(32(14-93)132-76)138-78-62(120)67(140-80-69(142-75-42(86-25(7)100)55(113)49(107)31(13-92)131-75)61(119)64(33(15-94)133-80)136-72-39(83-22(4)97)52(110)46(104)28(10-89)128-72)66(139-73-40(84-23(5)98)53(111)47(105)29(11-90)129-73)36(135-78)18-124-79-68(141-74-41(85-24(6)99)54(112)48(106)30(12-91)130-74)59(117)50(108)34(134-79)16-122-71-38(82-21(3)96)51(109)45(103)27(9-88)127-71/h19,27-80,88-94,102-121H,9-18H2,1-8H3,(H,81,95)(H,82,96)(H,83,97)(H,84,98)(H,85,99)(H,86,100)(H,87,101)/t19-,27+,28+,29+,30+,31+,32+,33+,34+,35+,36+,37+,38+,39+,40+,41+,42-,43+,44+,45+,46+,47+,48+,49+,50+,51+,52+,53+,54+,55+,56+,57+,58+,59-,60-,61-,62-,63+,64+,65+,66+,67+,68-,69-,70?,71+,72-,73-,74-,75-,76-,77+,78-,79-,80+/m0/s1. The number of rotatable bonds is 37. The van der Waals surface area contributed by atoms with E-state index >= 15 is 0 Å². The summed E-state index contributed by atoms with van der Waals surface area (Å²) in [6, 6.07) is -13.8. The molecule has 11 rings (SSSR count). The van der Waals surface area contributed by atoms with Crippen LogP contribution in [0.2, 0.25) is 0 Å². The Bertz CT molecular complexity index is 4030. The van der Waals surface area contributed by atoms with Crippen LogP contribution in [0.25, 0.3) is 0 Å². The summed E-state index contributed by atoms with van der Waals surface area (Å²) in [6.07, 6.45) is -106. The molecule has 0 aromatic rings. The molecule has 11 aliphatic heterocycles. The first-order valence-corrected chi connectivity index (χ1v) is 45.5. The monoisotopic (exact) mass is 2070 g/mol. The van der Waals surface area contributed by atoms with Crippen LogP contribution in [0.3, 0.4) is 0 Å². The van der Waals surface area contributed by atoms with E-state index in [1.165, 1.54) is 6.92 Å². The summed E-state index contributed by atoms with van der Waals surface area (Å²) in [7, 11) is 0. The van der Waals surface area contributed by atoms with Crippen LogP contribution in [0.5, 0.6) is 0 Å². The average Bonchev–Trinajstić information content (AvgIpc) is 0.750. The van der Waals surface area contributed by atoms with Crippen molar-refractivity contribution in [2.75, 3.05) is 66.1 Å². The summed E-state index contributed by atoms with van der Waals surface area (Å²) in [5.41, 5.74) is 0. The highest BCUT2D eigenvalue weighted by atomic mass is 16.8. The van der Waals surface area contributed by atoms with Gasteiger partial charge in [0.1, 0.15) is 262 Å². The van der Waals surface area contributed by atoms with Crippen LogP contribution < -0.4 is 37.2 Å². The van der Waals surface area contributed by atoms with Gasteiger partial charge in [-0.15, -0.1) is 0 Å². The van der Waals surface area contributed by atoms with Crippen molar-refractivity contribution in [3.05, 3.63) is 0 Å². The fraction of sp³-hybridized carbons (Fsp3) is 0.912. The Morgan fingerprint density at radius 3 is 0.838 bits per heavy atom. The maximum atomic E-state index is 13.8. The Morgan fingerprint density at radius 1 is 0.197 bits per heavy atom. The minimum Gasteiger partial charge on any atom is -0.394 e. The molecule has 62 heteroatoms. The molecule has 0 saturated carbocycles. The molecule has 11 saturated heterocycles. The van der Waals surface area contributed by atoms with Gasteiger partial charge in [-0.1, -0.05) is 0 Å². The smallest absolute Gasteiger partial charge is 0.217 e. The number of hydrogen-bond donors (Lipinski definition) is 34. The third-order valence-electron chi connectivity index (χ3n) is 25.7. The molecule has 0 aliphatic carbocycles. The van der Waals surface area contributed by atoms with E-state index in [9.17, 15) is 171 Å². The number of carbonyl (C=O) groups excluding carboxylic acids is 7. The van der Waals surface area contributed by atoms with Crippen LogP contribution in [-0.4, -0.2) is 583 Å². The normalized spacial score (nSPS) is 47.5. The largest absolute Gasteiger partial charge is 0.394 e. The molecule has 818 valence electrons. The van der Waals surface area contributed by atoms with Crippen molar-refractivity contribution in [2.45, 2.75) is 393 Å². The molecule has 1 unspecified atom stereocenters. The molecule has 0 aromatic heterocycles. The molecule has 55 atom stereocenters. The third kappa shape index (κ3) is 26.7. The van der Waals surface area contributed by atoms with Crippen LogP contribution in [0.4, 0.5) is 0 Å². The van der Waals surface area contributed by atoms with Crippen molar-refractivity contribution < 1.29 is 271 Å². The predicted molar refractivity (Wildman–Crippen MR) is 442 cm³/mol. The summed E-state index contributed by atoms with van der Waals surface area (Å²) in [5.74, 6) is -6.81. The van der Waals surface area contributed by atoms with Gasteiger partial charge in [0.15, 0.2) is 69.2 Å². The highest BCUT2D eigenvalue weighted by molar-refractivity contribution is 5.75. The zero-order chi connectivity index (χ0) is 105. The van der Waals surface area contributed by atoms with Crippen LogP contribution in [0.1, 0.15) is 55.4 Å². The second kappa shape index (κ2) is 51.3. The summed E-state index contributed by atoms with van der Waals surface area (Å²) in [5, 5.41) is 327. The van der Waals surface area contributed by atoms with Crippen molar-refractivity contribution in [1.82, 2.24) is 37.2 Å². The van der Waals surface area contributed by atoms with Gasteiger partial charge >= 0.3 is 0 Å². The van der Waals surface area contributed by atoms with Gasteiger partial charge < -0.3 is 275 Å². The Morgan fingerprint density at radius 2 is 0.451 bits per heavy atom. The van der Waals surface area contributed by atoms with Crippen molar-refractivity contribution >= 4 is 41.4 Å². The Kier molecular flexibility index (Phi) is 42.1. The summed E-state index contributed by atoms with van der Waals surface area (Å²) in [6.45, 7) is -4.24. The minimum absolute atomic E-state index is 0.866. The quantitative estimate of drug-likeness (QED) is 0.0275. The van der Waals surface area contributed by atoms with Gasteiger partial charge in [0.25, 0.3) is 0 Å². The zero-order valence-electron chi connectivity index (χ0n) is 77.3. The number of carbonyl (C=O) groups is 7. The average molecular weight is 2070 g/mol. The van der Waals surface area contributed by atoms with Crippen molar-refractivity contribution in [3.8, 4) is 0 Å². The van der Waals surface area contributed by atoms with Gasteiger partial charge in [-0.3, -0.25) is 33.6 Å². The van der Waals surface area contributed by atoms with Crippen LogP contribution in [-0.2, 0) is 133 Å². The predicted octanol–water partition coefficient (Wildman–Crippen LogP) is -22.9. The van der Waals surface area contributed by atoms with Crippen molar-refractivity contribution in [2.24, 2.45) is 0 Å². The first-order valence-electron chi connectivity index (χ1n) is 45.5.